The minimum absolute atomic E-state index is 0.239. The summed E-state index contributed by atoms with van der Waals surface area (Å²) in [6, 6.07) is 13.1. The minimum Gasteiger partial charge on any atom is -0.491 e. The van der Waals surface area contributed by atoms with Crippen molar-refractivity contribution in [2.45, 2.75) is 20.3 Å². The first-order valence-electron chi connectivity index (χ1n) is 8.90. The Balaban J connectivity index is 2.03. The summed E-state index contributed by atoms with van der Waals surface area (Å²) in [6.45, 7) is 4.67. The number of carbonyl (C=O) groups is 1. The monoisotopic (exact) mass is 366 g/mol. The second kappa shape index (κ2) is 8.84. The van der Waals surface area contributed by atoms with Crippen molar-refractivity contribution in [1.82, 2.24) is 15.2 Å². The number of hydrogen-bond acceptors (Lipinski definition) is 6. The predicted molar refractivity (Wildman–Crippen MR) is 103 cm³/mol. The maximum absolute atomic E-state index is 12.4. The van der Waals surface area contributed by atoms with Gasteiger partial charge >= 0.3 is 5.97 Å². The number of esters is 1. The summed E-state index contributed by atoms with van der Waals surface area (Å²) in [5, 5.41) is 10.3. The highest BCUT2D eigenvalue weighted by Gasteiger charge is 2.23. The number of aromatic nitrogens is 3. The third-order valence-corrected chi connectivity index (χ3v) is 3.76. The Morgan fingerprint density at radius 1 is 1.15 bits per heavy atom. The van der Waals surface area contributed by atoms with Gasteiger partial charge in [0.1, 0.15) is 17.1 Å². The number of hydrogen-bond donors (Lipinski definition) is 2. The minimum atomic E-state index is -0.485. The van der Waals surface area contributed by atoms with Crippen LogP contribution in [-0.4, -0.2) is 34.4 Å². The summed E-state index contributed by atoms with van der Waals surface area (Å²) < 4.78 is 11.0. The van der Waals surface area contributed by atoms with Crippen LogP contribution in [0.15, 0.2) is 48.7 Å². The maximum Gasteiger partial charge on any atom is 0.358 e. The van der Waals surface area contributed by atoms with Gasteiger partial charge < -0.3 is 14.8 Å². The summed E-state index contributed by atoms with van der Waals surface area (Å²) in [5.41, 5.74) is 2.64. The summed E-state index contributed by atoms with van der Waals surface area (Å²) in [5.74, 6) is 0.212. The lowest BCUT2D eigenvalue weighted by Gasteiger charge is -2.14. The molecule has 0 spiro atoms. The summed E-state index contributed by atoms with van der Waals surface area (Å²) in [7, 11) is 0. The van der Waals surface area contributed by atoms with Crippen LogP contribution in [0.4, 0.5) is 11.4 Å². The number of nitrogens with one attached hydrogen (secondary N) is 2. The van der Waals surface area contributed by atoms with Crippen molar-refractivity contribution in [3.8, 4) is 17.1 Å². The van der Waals surface area contributed by atoms with E-state index < -0.39 is 5.97 Å². The average Bonchev–Trinajstić information content (AvgIpc) is 3.12. The number of benzene rings is 1. The van der Waals surface area contributed by atoms with Crippen LogP contribution in [-0.2, 0) is 4.74 Å². The van der Waals surface area contributed by atoms with E-state index in [-0.39, 0.29) is 12.3 Å². The van der Waals surface area contributed by atoms with Crippen LogP contribution >= 0.6 is 0 Å². The molecule has 0 fully saturated rings. The predicted octanol–water partition coefficient (Wildman–Crippen LogP) is 4.18. The molecule has 0 amide bonds. The summed E-state index contributed by atoms with van der Waals surface area (Å²) in [6.07, 6.45) is 2.57. The average molecular weight is 366 g/mol. The molecule has 2 N–H and O–H groups in total. The zero-order valence-electron chi connectivity index (χ0n) is 15.4. The number of para-hydroxylation sites is 2. The molecule has 140 valence electrons. The second-order valence-corrected chi connectivity index (χ2v) is 5.73. The Kier molecular flexibility index (Phi) is 6.04. The molecule has 0 saturated heterocycles. The molecular formula is C20H22N4O3. The number of carbonyl (C=O) groups excluding carboxylic acids is 1. The molecule has 0 bridgehead atoms. The van der Waals surface area contributed by atoms with Gasteiger partial charge in [0.2, 0.25) is 0 Å². The molecule has 0 aliphatic rings. The van der Waals surface area contributed by atoms with Crippen LogP contribution in [0, 0.1) is 0 Å². The fourth-order valence-electron chi connectivity index (χ4n) is 2.55. The first-order chi connectivity index (χ1) is 13.2. The second-order valence-electron chi connectivity index (χ2n) is 5.73. The number of H-pyrrole nitrogens is 1. The molecule has 2 heterocycles. The number of pyridine rings is 1. The summed E-state index contributed by atoms with van der Waals surface area (Å²) >= 11 is 0. The van der Waals surface area contributed by atoms with Gasteiger partial charge in [-0.05, 0) is 37.6 Å². The van der Waals surface area contributed by atoms with Gasteiger partial charge in [-0.2, -0.15) is 5.10 Å². The lowest BCUT2D eigenvalue weighted by molar-refractivity contribution is 0.0520. The molecule has 7 heteroatoms. The van der Waals surface area contributed by atoms with Gasteiger partial charge in [-0.25, -0.2) is 4.79 Å². The molecular weight excluding hydrogens is 344 g/mol. The van der Waals surface area contributed by atoms with Gasteiger partial charge in [0.25, 0.3) is 0 Å². The number of nitrogens with zero attached hydrogens (tertiary/aromatic N) is 2. The molecule has 0 atom stereocenters. The van der Waals surface area contributed by atoms with E-state index in [1.54, 1.807) is 13.1 Å². The van der Waals surface area contributed by atoms with Gasteiger partial charge in [-0.1, -0.05) is 25.1 Å². The molecule has 3 aromatic rings. The Morgan fingerprint density at radius 2 is 1.96 bits per heavy atom. The largest absolute Gasteiger partial charge is 0.491 e. The number of rotatable bonds is 8. The normalized spacial score (nSPS) is 10.4. The van der Waals surface area contributed by atoms with E-state index in [4.69, 9.17) is 9.47 Å². The fraction of sp³-hybridized carbons (Fsp3) is 0.250. The first-order valence-corrected chi connectivity index (χ1v) is 8.90. The van der Waals surface area contributed by atoms with Crippen LogP contribution in [0.25, 0.3) is 11.4 Å². The smallest absolute Gasteiger partial charge is 0.358 e. The van der Waals surface area contributed by atoms with Crippen LogP contribution in [0.5, 0.6) is 5.75 Å². The quantitative estimate of drug-likeness (QED) is 0.581. The maximum atomic E-state index is 12.4. The van der Waals surface area contributed by atoms with Crippen molar-refractivity contribution < 1.29 is 14.3 Å². The van der Waals surface area contributed by atoms with Crippen molar-refractivity contribution in [1.29, 1.82) is 0 Å². The standard InChI is InChI=1S/C20H22N4O3/c1-3-13-27-16-11-6-5-9-14(16)22-18-17(15-10-7-8-12-21-15)23-24-19(18)20(25)26-4-2/h5-12,22H,3-4,13H2,1-2H3,(H,23,24). The third kappa shape index (κ3) is 4.25. The molecule has 27 heavy (non-hydrogen) atoms. The van der Waals surface area contributed by atoms with Crippen molar-refractivity contribution in [3.05, 3.63) is 54.4 Å². The molecule has 7 nitrogen and oxygen atoms in total. The highest BCUT2D eigenvalue weighted by Crippen LogP contribution is 2.34. The molecule has 1 aromatic carbocycles. The lowest BCUT2D eigenvalue weighted by atomic mass is 10.2. The van der Waals surface area contributed by atoms with E-state index in [0.29, 0.717) is 29.4 Å². The van der Waals surface area contributed by atoms with E-state index in [2.05, 4.69) is 20.5 Å². The van der Waals surface area contributed by atoms with Crippen LogP contribution in [0.3, 0.4) is 0 Å². The van der Waals surface area contributed by atoms with Crippen molar-refractivity contribution in [3.63, 3.8) is 0 Å². The first kappa shape index (κ1) is 18.4. The van der Waals surface area contributed by atoms with Gasteiger partial charge in [0.15, 0.2) is 5.69 Å². The highest BCUT2D eigenvalue weighted by atomic mass is 16.5. The number of ether oxygens (including phenoxy) is 2. The third-order valence-electron chi connectivity index (χ3n) is 3.76. The van der Waals surface area contributed by atoms with Crippen molar-refractivity contribution >= 4 is 17.3 Å². The van der Waals surface area contributed by atoms with Crippen LogP contribution < -0.4 is 10.1 Å². The molecule has 0 unspecified atom stereocenters. The molecule has 0 radical (unpaired) electrons. The van der Waals surface area contributed by atoms with Gasteiger partial charge in [0, 0.05) is 6.20 Å². The van der Waals surface area contributed by atoms with Crippen LogP contribution in [0.2, 0.25) is 0 Å². The molecule has 0 aliphatic heterocycles. The lowest BCUT2D eigenvalue weighted by Crippen LogP contribution is -2.08. The summed E-state index contributed by atoms with van der Waals surface area (Å²) in [4.78, 5) is 16.7. The van der Waals surface area contributed by atoms with Crippen molar-refractivity contribution in [2.75, 3.05) is 18.5 Å². The molecule has 0 aliphatic carbocycles. The zero-order valence-corrected chi connectivity index (χ0v) is 15.4. The SMILES string of the molecule is CCCOc1ccccc1Nc1c(-c2ccccn2)n[nH]c1C(=O)OCC. The van der Waals surface area contributed by atoms with E-state index in [1.165, 1.54) is 0 Å². The van der Waals surface area contributed by atoms with E-state index in [0.717, 1.165) is 12.1 Å². The van der Waals surface area contributed by atoms with Crippen LogP contribution in [0.1, 0.15) is 30.8 Å². The molecule has 3 rings (SSSR count). The highest BCUT2D eigenvalue weighted by molar-refractivity contribution is 5.98. The molecule has 0 saturated carbocycles. The van der Waals surface area contributed by atoms with E-state index in [9.17, 15) is 4.79 Å². The van der Waals surface area contributed by atoms with Crippen molar-refractivity contribution in [2.24, 2.45) is 0 Å². The Morgan fingerprint density at radius 3 is 2.70 bits per heavy atom. The Bertz CT molecular complexity index is 893. The topological polar surface area (TPSA) is 89.1 Å². The Labute approximate surface area is 157 Å². The van der Waals surface area contributed by atoms with Gasteiger partial charge in [-0.15, -0.1) is 0 Å². The number of anilines is 2. The fourth-order valence-corrected chi connectivity index (χ4v) is 2.55. The zero-order chi connectivity index (χ0) is 19.1. The van der Waals surface area contributed by atoms with Gasteiger partial charge in [-0.3, -0.25) is 10.1 Å². The van der Waals surface area contributed by atoms with E-state index in [1.807, 2.05) is 49.4 Å². The molecule has 2 aromatic heterocycles. The number of aromatic amines is 1. The Hall–Kier alpha value is -3.35. The van der Waals surface area contributed by atoms with E-state index >= 15 is 0 Å². The van der Waals surface area contributed by atoms with Gasteiger partial charge in [0.05, 0.1) is 24.6 Å².